The van der Waals surface area contributed by atoms with Gasteiger partial charge in [-0.25, -0.2) is 0 Å². The Morgan fingerprint density at radius 2 is 1.82 bits per heavy atom. The molecule has 0 radical (unpaired) electrons. The second-order valence-corrected chi connectivity index (χ2v) is 3.94. The number of carboxylic acids is 1. The van der Waals surface area contributed by atoms with Gasteiger partial charge < -0.3 is 15.2 Å². The van der Waals surface area contributed by atoms with Gasteiger partial charge in [0.25, 0.3) is 5.91 Å². The number of amides is 1. The van der Waals surface area contributed by atoms with E-state index in [0.29, 0.717) is 15.8 Å². The number of hydrogen-bond acceptors (Lipinski definition) is 3. The monoisotopic (exact) mass is 277 g/mol. The average molecular weight is 278 g/mol. The minimum absolute atomic E-state index is 0.302. The smallest absolute Gasteiger partial charge is 0.322 e. The largest absolute Gasteiger partial charge is 0.484 e. The van der Waals surface area contributed by atoms with E-state index < -0.39 is 18.4 Å². The molecule has 7 heteroatoms. The van der Waals surface area contributed by atoms with Crippen molar-refractivity contribution >= 4 is 35.1 Å². The van der Waals surface area contributed by atoms with Gasteiger partial charge in [0.15, 0.2) is 6.61 Å². The van der Waals surface area contributed by atoms with E-state index in [1.165, 1.54) is 18.2 Å². The van der Waals surface area contributed by atoms with Gasteiger partial charge in [-0.2, -0.15) is 0 Å². The van der Waals surface area contributed by atoms with Crippen LogP contribution in [0.1, 0.15) is 0 Å². The molecule has 0 unspecified atom stereocenters. The van der Waals surface area contributed by atoms with Crippen LogP contribution in [0.15, 0.2) is 18.2 Å². The number of carboxylic acid groups (broad SMARTS) is 1. The fourth-order valence-corrected chi connectivity index (χ4v) is 1.49. The first-order valence-corrected chi connectivity index (χ1v) is 5.30. The molecule has 1 aromatic rings. The Hall–Kier alpha value is -1.46. The molecular formula is C10H9Cl2NO4. The second-order valence-electron chi connectivity index (χ2n) is 3.06. The zero-order valence-corrected chi connectivity index (χ0v) is 10.1. The van der Waals surface area contributed by atoms with E-state index in [2.05, 4.69) is 5.32 Å². The minimum Gasteiger partial charge on any atom is -0.484 e. The topological polar surface area (TPSA) is 75.6 Å². The Morgan fingerprint density at radius 1 is 1.24 bits per heavy atom. The number of carbonyl (C=O) groups excluding carboxylic acids is 1. The Kier molecular flexibility index (Phi) is 5.06. The highest BCUT2D eigenvalue weighted by Gasteiger charge is 2.05. The van der Waals surface area contributed by atoms with E-state index in [0.717, 1.165) is 0 Å². The number of hydrogen-bond donors (Lipinski definition) is 2. The van der Waals surface area contributed by atoms with Crippen LogP contribution >= 0.6 is 23.2 Å². The summed E-state index contributed by atoms with van der Waals surface area (Å²) in [4.78, 5) is 21.3. The number of halogens is 2. The highest BCUT2D eigenvalue weighted by atomic mass is 35.5. The van der Waals surface area contributed by atoms with Crippen LogP contribution in [0.25, 0.3) is 0 Å². The third-order valence-electron chi connectivity index (χ3n) is 1.64. The summed E-state index contributed by atoms with van der Waals surface area (Å²) >= 11 is 11.5. The first kappa shape index (κ1) is 13.6. The van der Waals surface area contributed by atoms with Crippen LogP contribution in [-0.2, 0) is 9.59 Å². The maximum absolute atomic E-state index is 11.1. The van der Waals surface area contributed by atoms with Crippen LogP contribution in [0.2, 0.25) is 10.0 Å². The molecule has 2 N–H and O–H groups in total. The van der Waals surface area contributed by atoms with Crippen molar-refractivity contribution in [3.63, 3.8) is 0 Å². The van der Waals surface area contributed by atoms with Gasteiger partial charge in [0.2, 0.25) is 0 Å². The Morgan fingerprint density at radius 3 is 2.35 bits per heavy atom. The van der Waals surface area contributed by atoms with Crippen molar-refractivity contribution in [2.24, 2.45) is 0 Å². The molecule has 0 aliphatic rings. The van der Waals surface area contributed by atoms with Gasteiger partial charge in [-0.05, 0) is 18.2 Å². The predicted molar refractivity (Wildman–Crippen MR) is 62.6 cm³/mol. The number of ether oxygens (including phenoxy) is 1. The van der Waals surface area contributed by atoms with E-state index in [9.17, 15) is 9.59 Å². The van der Waals surface area contributed by atoms with Crippen LogP contribution in [0.5, 0.6) is 5.75 Å². The van der Waals surface area contributed by atoms with E-state index in [4.69, 9.17) is 33.0 Å². The third-order valence-corrected chi connectivity index (χ3v) is 2.08. The van der Waals surface area contributed by atoms with Crippen molar-refractivity contribution < 1.29 is 19.4 Å². The molecule has 5 nitrogen and oxygen atoms in total. The normalized spacial score (nSPS) is 9.76. The molecule has 0 heterocycles. The highest BCUT2D eigenvalue weighted by molar-refractivity contribution is 6.34. The number of carbonyl (C=O) groups is 2. The summed E-state index contributed by atoms with van der Waals surface area (Å²) in [6, 6.07) is 4.52. The first-order chi connectivity index (χ1) is 7.97. The summed E-state index contributed by atoms with van der Waals surface area (Å²) in [6.07, 6.45) is 0. The maximum atomic E-state index is 11.1. The van der Waals surface area contributed by atoms with Crippen molar-refractivity contribution in [3.05, 3.63) is 28.2 Å². The van der Waals surface area contributed by atoms with Crippen LogP contribution in [0, 0.1) is 0 Å². The molecule has 0 bridgehead atoms. The lowest BCUT2D eigenvalue weighted by Gasteiger charge is -2.06. The summed E-state index contributed by atoms with van der Waals surface area (Å²) in [5.74, 6) is -1.32. The molecule has 17 heavy (non-hydrogen) atoms. The summed E-state index contributed by atoms with van der Waals surface area (Å²) in [6.45, 7) is -0.748. The number of nitrogens with one attached hydrogen (secondary N) is 1. The van der Waals surface area contributed by atoms with Crippen molar-refractivity contribution in [2.75, 3.05) is 13.2 Å². The zero-order valence-electron chi connectivity index (χ0n) is 8.57. The lowest BCUT2D eigenvalue weighted by atomic mass is 10.3. The summed E-state index contributed by atoms with van der Waals surface area (Å²) in [7, 11) is 0. The molecule has 0 aromatic heterocycles. The molecule has 0 atom stereocenters. The van der Waals surface area contributed by atoms with Gasteiger partial charge in [0.05, 0.1) is 0 Å². The van der Waals surface area contributed by atoms with Crippen LogP contribution in [0.4, 0.5) is 0 Å². The van der Waals surface area contributed by atoms with Gasteiger partial charge in [0.1, 0.15) is 12.3 Å². The lowest BCUT2D eigenvalue weighted by Crippen LogP contribution is -2.33. The third kappa shape index (κ3) is 5.42. The second kappa shape index (κ2) is 6.32. The number of rotatable bonds is 5. The first-order valence-electron chi connectivity index (χ1n) is 4.55. The molecule has 1 amide bonds. The molecule has 0 aliphatic heterocycles. The van der Waals surface area contributed by atoms with Gasteiger partial charge in [0, 0.05) is 10.0 Å². The maximum Gasteiger partial charge on any atom is 0.322 e. The molecule has 0 saturated heterocycles. The molecule has 0 fully saturated rings. The van der Waals surface area contributed by atoms with E-state index in [-0.39, 0.29) is 6.61 Å². The van der Waals surface area contributed by atoms with Gasteiger partial charge in [-0.3, -0.25) is 9.59 Å². The molecule has 0 saturated carbocycles. The lowest BCUT2D eigenvalue weighted by molar-refractivity contribution is -0.138. The molecule has 1 rings (SSSR count). The Balaban J connectivity index is 2.44. The van der Waals surface area contributed by atoms with E-state index in [1.807, 2.05) is 0 Å². The van der Waals surface area contributed by atoms with Crippen molar-refractivity contribution in [2.45, 2.75) is 0 Å². The molecular weight excluding hydrogens is 269 g/mol. The van der Waals surface area contributed by atoms with Gasteiger partial charge in [-0.1, -0.05) is 23.2 Å². The average Bonchev–Trinajstić information content (AvgIpc) is 2.22. The van der Waals surface area contributed by atoms with Crippen LogP contribution in [0.3, 0.4) is 0 Å². The highest BCUT2D eigenvalue weighted by Crippen LogP contribution is 2.23. The number of benzene rings is 1. The van der Waals surface area contributed by atoms with Crippen molar-refractivity contribution in [1.82, 2.24) is 5.32 Å². The molecule has 1 aromatic carbocycles. The van der Waals surface area contributed by atoms with Crippen molar-refractivity contribution in [1.29, 1.82) is 0 Å². The molecule has 0 spiro atoms. The van der Waals surface area contributed by atoms with E-state index >= 15 is 0 Å². The summed E-state index contributed by atoms with van der Waals surface area (Å²) in [5.41, 5.74) is 0. The zero-order chi connectivity index (χ0) is 12.8. The van der Waals surface area contributed by atoms with Gasteiger partial charge in [-0.15, -0.1) is 0 Å². The Labute approximate surface area is 107 Å². The number of aliphatic carboxylic acids is 1. The van der Waals surface area contributed by atoms with Gasteiger partial charge >= 0.3 is 5.97 Å². The van der Waals surface area contributed by atoms with Crippen LogP contribution in [-0.4, -0.2) is 30.1 Å². The summed E-state index contributed by atoms with van der Waals surface area (Å²) in [5, 5.41) is 11.3. The fourth-order valence-electron chi connectivity index (χ4n) is 0.986. The molecule has 92 valence electrons. The quantitative estimate of drug-likeness (QED) is 0.857. The predicted octanol–water partition coefficient (Wildman–Crippen LogP) is 1.57. The summed E-state index contributed by atoms with van der Waals surface area (Å²) < 4.78 is 5.09. The van der Waals surface area contributed by atoms with Crippen molar-refractivity contribution in [3.8, 4) is 5.75 Å². The van der Waals surface area contributed by atoms with E-state index in [1.54, 1.807) is 0 Å². The molecule has 0 aliphatic carbocycles. The van der Waals surface area contributed by atoms with Crippen LogP contribution < -0.4 is 10.1 Å². The Bertz CT molecular complexity index is 416. The standard InChI is InChI=1S/C10H9Cl2NO4/c11-6-1-7(12)3-8(2-6)17-5-9(14)13-4-10(15)16/h1-3H,4-5H2,(H,13,14)(H,15,16). The SMILES string of the molecule is O=C(O)CNC(=O)COc1cc(Cl)cc(Cl)c1. The minimum atomic E-state index is -1.12. The fraction of sp³-hybridized carbons (Fsp3) is 0.200.